The van der Waals surface area contributed by atoms with E-state index in [4.69, 9.17) is 4.42 Å². The maximum Gasteiger partial charge on any atom is 0.294 e. The van der Waals surface area contributed by atoms with Crippen LogP contribution in [0.15, 0.2) is 63.9 Å². The number of thioether (sulfide) groups is 1. The number of benzene rings is 2. The molecule has 0 bridgehead atoms. The van der Waals surface area contributed by atoms with E-state index in [0.29, 0.717) is 34.5 Å². The highest BCUT2D eigenvalue weighted by Crippen LogP contribution is 2.33. The predicted molar refractivity (Wildman–Crippen MR) is 128 cm³/mol. The first-order chi connectivity index (χ1) is 16.2. The number of anilines is 1. The van der Waals surface area contributed by atoms with E-state index in [1.807, 2.05) is 26.0 Å². The van der Waals surface area contributed by atoms with E-state index >= 15 is 0 Å². The summed E-state index contributed by atoms with van der Waals surface area (Å²) in [7, 11) is 0. The summed E-state index contributed by atoms with van der Waals surface area (Å²) < 4.78 is 5.70. The third-order valence-electron chi connectivity index (χ3n) is 5.30. The maximum absolute atomic E-state index is 12.7. The first-order valence-electron chi connectivity index (χ1n) is 10.2. The van der Waals surface area contributed by atoms with Gasteiger partial charge < -0.3 is 9.73 Å². The molecule has 0 spiro atoms. The smallest absolute Gasteiger partial charge is 0.294 e. The molecule has 0 radical (unpaired) electrons. The van der Waals surface area contributed by atoms with Crippen LogP contribution in [-0.2, 0) is 9.59 Å². The molecule has 0 atom stereocenters. The highest BCUT2D eigenvalue weighted by molar-refractivity contribution is 8.18. The van der Waals surface area contributed by atoms with E-state index < -0.39 is 28.5 Å². The second-order valence-corrected chi connectivity index (χ2v) is 8.57. The fourth-order valence-electron chi connectivity index (χ4n) is 3.34. The summed E-state index contributed by atoms with van der Waals surface area (Å²) in [4.78, 5) is 49.1. The van der Waals surface area contributed by atoms with Crippen molar-refractivity contribution in [2.24, 2.45) is 0 Å². The normalized spacial score (nSPS) is 14.6. The predicted octanol–water partition coefficient (Wildman–Crippen LogP) is 5.15. The number of imide groups is 1. The molecule has 4 rings (SSSR count). The minimum Gasteiger partial charge on any atom is -0.457 e. The first kappa shape index (κ1) is 23.0. The van der Waals surface area contributed by atoms with Crippen LogP contribution in [0.2, 0.25) is 0 Å². The molecule has 3 amide bonds. The highest BCUT2D eigenvalue weighted by Gasteiger charge is 2.36. The Hall–Kier alpha value is -4.18. The molecule has 1 saturated heterocycles. The Bertz CT molecular complexity index is 1360. The third-order valence-corrected chi connectivity index (χ3v) is 6.20. The summed E-state index contributed by atoms with van der Waals surface area (Å²) in [6.45, 7) is 3.39. The lowest BCUT2D eigenvalue weighted by Gasteiger charge is -2.14. The molecular weight excluding hydrogens is 458 g/mol. The van der Waals surface area contributed by atoms with Crippen molar-refractivity contribution in [1.29, 1.82) is 0 Å². The van der Waals surface area contributed by atoms with Crippen molar-refractivity contribution in [3.63, 3.8) is 0 Å². The molecule has 0 saturated carbocycles. The Morgan fingerprint density at radius 2 is 1.91 bits per heavy atom. The summed E-state index contributed by atoms with van der Waals surface area (Å²) >= 11 is 0.711. The number of hydrogen-bond donors (Lipinski definition) is 1. The van der Waals surface area contributed by atoms with Gasteiger partial charge in [0, 0.05) is 29.5 Å². The van der Waals surface area contributed by atoms with Gasteiger partial charge in [0.05, 0.1) is 9.83 Å². The minimum absolute atomic E-state index is 0.0734. The van der Waals surface area contributed by atoms with Crippen LogP contribution >= 0.6 is 11.8 Å². The summed E-state index contributed by atoms with van der Waals surface area (Å²) in [6, 6.07) is 14.7. The molecular formula is C24H19N3O6S. The van der Waals surface area contributed by atoms with Gasteiger partial charge in [-0.1, -0.05) is 24.3 Å². The van der Waals surface area contributed by atoms with Gasteiger partial charge in [0.15, 0.2) is 0 Å². The SMILES string of the molecule is Cc1cccc(NC(=O)CN2C(=O)S/C(=C/c3ccc(-c4cccc([N+](=O)[O-])c4)o3)C2=O)c1C. The van der Waals surface area contributed by atoms with E-state index in [1.165, 1.54) is 18.2 Å². The van der Waals surface area contributed by atoms with Gasteiger partial charge in [-0.05, 0) is 54.9 Å². The van der Waals surface area contributed by atoms with E-state index in [2.05, 4.69) is 5.32 Å². The number of carbonyl (C=O) groups is 3. The molecule has 10 heteroatoms. The van der Waals surface area contributed by atoms with Crippen LogP contribution in [0.1, 0.15) is 16.9 Å². The topological polar surface area (TPSA) is 123 Å². The Morgan fingerprint density at radius 3 is 2.68 bits per heavy atom. The zero-order chi connectivity index (χ0) is 24.4. The molecule has 1 fully saturated rings. The highest BCUT2D eigenvalue weighted by atomic mass is 32.2. The van der Waals surface area contributed by atoms with Crippen LogP contribution in [0.5, 0.6) is 0 Å². The van der Waals surface area contributed by atoms with E-state index in [-0.39, 0.29) is 10.6 Å². The molecule has 0 unspecified atom stereocenters. The Labute approximate surface area is 198 Å². The lowest BCUT2D eigenvalue weighted by Crippen LogP contribution is -2.36. The van der Waals surface area contributed by atoms with Crippen molar-refractivity contribution in [1.82, 2.24) is 4.90 Å². The van der Waals surface area contributed by atoms with Crippen molar-refractivity contribution in [3.05, 3.63) is 86.5 Å². The van der Waals surface area contributed by atoms with Crippen LogP contribution in [0, 0.1) is 24.0 Å². The molecule has 1 aliphatic heterocycles. The quantitative estimate of drug-likeness (QED) is 0.296. The fraction of sp³-hybridized carbons (Fsp3) is 0.125. The number of amides is 3. The lowest BCUT2D eigenvalue weighted by atomic mass is 10.1. The number of rotatable bonds is 6. The molecule has 9 nitrogen and oxygen atoms in total. The van der Waals surface area contributed by atoms with Gasteiger partial charge >= 0.3 is 0 Å². The minimum atomic E-state index is -0.598. The molecule has 1 N–H and O–H groups in total. The van der Waals surface area contributed by atoms with Crippen LogP contribution < -0.4 is 5.32 Å². The molecule has 2 aromatic carbocycles. The zero-order valence-electron chi connectivity index (χ0n) is 18.2. The van der Waals surface area contributed by atoms with Crippen LogP contribution in [-0.4, -0.2) is 33.4 Å². The average Bonchev–Trinajstić information content (AvgIpc) is 3.37. The van der Waals surface area contributed by atoms with E-state index in [9.17, 15) is 24.5 Å². The number of non-ortho nitro benzene ring substituents is 1. The fourth-order valence-corrected chi connectivity index (χ4v) is 4.16. The number of aryl methyl sites for hydroxylation is 1. The van der Waals surface area contributed by atoms with Crippen molar-refractivity contribution in [2.45, 2.75) is 13.8 Å². The second kappa shape index (κ2) is 9.36. The molecule has 3 aromatic rings. The number of carbonyl (C=O) groups excluding carboxylic acids is 3. The molecule has 172 valence electrons. The third kappa shape index (κ3) is 4.76. The van der Waals surface area contributed by atoms with Crippen LogP contribution in [0.25, 0.3) is 17.4 Å². The molecule has 1 aliphatic rings. The van der Waals surface area contributed by atoms with Crippen molar-refractivity contribution in [2.75, 3.05) is 11.9 Å². The molecule has 2 heterocycles. The Kier molecular flexibility index (Phi) is 6.33. The largest absolute Gasteiger partial charge is 0.457 e. The average molecular weight is 477 g/mol. The van der Waals surface area contributed by atoms with Gasteiger partial charge in [-0.15, -0.1) is 0 Å². The van der Waals surface area contributed by atoms with Crippen LogP contribution in [0.4, 0.5) is 16.2 Å². The molecule has 34 heavy (non-hydrogen) atoms. The summed E-state index contributed by atoms with van der Waals surface area (Å²) in [5, 5.41) is 13.2. The van der Waals surface area contributed by atoms with Gasteiger partial charge in [-0.2, -0.15) is 0 Å². The standard InChI is InChI=1S/C24H19N3O6S/c1-14-5-3-8-19(15(14)2)25-22(28)13-26-23(29)21(34-24(26)30)12-18-9-10-20(33-18)16-6-4-7-17(11-16)27(31)32/h3-12H,13H2,1-2H3,(H,25,28)/b21-12+. The number of nitro benzene ring substituents is 1. The summed E-state index contributed by atoms with van der Waals surface area (Å²) in [6.07, 6.45) is 1.41. The van der Waals surface area contributed by atoms with E-state index in [1.54, 1.807) is 30.3 Å². The van der Waals surface area contributed by atoms with Crippen LogP contribution in [0.3, 0.4) is 0 Å². The van der Waals surface area contributed by atoms with Crippen molar-refractivity contribution in [3.8, 4) is 11.3 Å². The summed E-state index contributed by atoms with van der Waals surface area (Å²) in [5.74, 6) is -0.406. The first-order valence-corrected chi connectivity index (χ1v) is 11.0. The van der Waals surface area contributed by atoms with Crippen molar-refractivity contribution >= 4 is 46.3 Å². The zero-order valence-corrected chi connectivity index (χ0v) is 19.0. The van der Waals surface area contributed by atoms with Gasteiger partial charge in [-0.25, -0.2) is 0 Å². The maximum atomic E-state index is 12.7. The Balaban J connectivity index is 1.47. The van der Waals surface area contributed by atoms with Gasteiger partial charge in [0.2, 0.25) is 5.91 Å². The number of hydrogen-bond acceptors (Lipinski definition) is 7. The van der Waals surface area contributed by atoms with Gasteiger partial charge in [0.25, 0.3) is 16.8 Å². The Morgan fingerprint density at radius 1 is 1.15 bits per heavy atom. The van der Waals surface area contributed by atoms with E-state index in [0.717, 1.165) is 16.0 Å². The number of nitrogens with one attached hydrogen (secondary N) is 1. The second-order valence-electron chi connectivity index (χ2n) is 7.57. The summed E-state index contributed by atoms with van der Waals surface area (Å²) in [5.41, 5.74) is 2.97. The van der Waals surface area contributed by atoms with Gasteiger partial charge in [-0.3, -0.25) is 29.4 Å². The number of nitrogens with zero attached hydrogens (tertiary/aromatic N) is 2. The number of furan rings is 1. The monoisotopic (exact) mass is 477 g/mol. The number of nitro groups is 1. The lowest BCUT2D eigenvalue weighted by molar-refractivity contribution is -0.384. The van der Waals surface area contributed by atoms with Gasteiger partial charge in [0.1, 0.15) is 18.1 Å². The van der Waals surface area contributed by atoms with Crippen molar-refractivity contribution < 1.29 is 23.7 Å². The molecule has 1 aromatic heterocycles. The molecule has 0 aliphatic carbocycles.